The Bertz CT molecular complexity index is 926. The zero-order valence-electron chi connectivity index (χ0n) is 16.8. The topological polar surface area (TPSA) is 58.5 Å². The monoisotopic (exact) mass is 389 g/mol. The Morgan fingerprint density at radius 2 is 1.79 bits per heavy atom. The molecule has 1 atom stereocenters. The first-order chi connectivity index (χ1) is 14.2. The molecule has 150 valence electrons. The van der Waals surface area contributed by atoms with Gasteiger partial charge in [0.05, 0.1) is 31.3 Å². The Morgan fingerprint density at radius 1 is 1.03 bits per heavy atom. The Morgan fingerprint density at radius 3 is 2.52 bits per heavy atom. The molecule has 4 rings (SSSR count). The number of benzene rings is 2. The molecule has 1 aliphatic rings. The molecule has 1 aliphatic heterocycles. The van der Waals surface area contributed by atoms with E-state index in [-0.39, 0.29) is 6.61 Å². The van der Waals surface area contributed by atoms with E-state index in [0.29, 0.717) is 5.92 Å². The number of hydrogen-bond donors (Lipinski definition) is 1. The zero-order chi connectivity index (χ0) is 20.1. The fraction of sp³-hybridized carbons (Fsp3) is 0.333. The molecular formula is C24H27N3O2. The molecule has 0 bridgehead atoms. The zero-order valence-corrected chi connectivity index (χ0v) is 16.8. The van der Waals surface area contributed by atoms with Crippen LogP contribution in [-0.4, -0.2) is 40.2 Å². The van der Waals surface area contributed by atoms with Gasteiger partial charge in [-0.05, 0) is 42.6 Å². The third-order valence-corrected chi connectivity index (χ3v) is 5.57. The van der Waals surface area contributed by atoms with Crippen LogP contribution in [-0.2, 0) is 13.2 Å². The highest BCUT2D eigenvalue weighted by Crippen LogP contribution is 2.28. The first-order valence-electron chi connectivity index (χ1n) is 10.1. The third kappa shape index (κ3) is 4.81. The van der Waals surface area contributed by atoms with Gasteiger partial charge in [0, 0.05) is 30.8 Å². The minimum Gasteiger partial charge on any atom is -0.497 e. The molecule has 0 spiro atoms. The molecule has 0 saturated carbocycles. The van der Waals surface area contributed by atoms with Crippen LogP contribution in [0.5, 0.6) is 5.75 Å². The van der Waals surface area contributed by atoms with Gasteiger partial charge in [0.25, 0.3) is 0 Å². The standard InChI is InChI=1S/C24H27N3O2/c1-29-22-10-6-18(7-11-22)15-27-12-2-3-21(16-27)24-14-25-13-23(26-24)20-8-4-19(17-28)5-9-20/h4-11,13-14,21,28H,2-3,12,15-17H2,1H3/t21-/m1/s1. The summed E-state index contributed by atoms with van der Waals surface area (Å²) < 4.78 is 5.25. The van der Waals surface area contributed by atoms with E-state index in [4.69, 9.17) is 9.72 Å². The molecular weight excluding hydrogens is 362 g/mol. The van der Waals surface area contributed by atoms with E-state index in [1.54, 1.807) is 7.11 Å². The predicted octanol–water partition coefficient (Wildman–Crippen LogP) is 4.02. The van der Waals surface area contributed by atoms with Crippen molar-refractivity contribution in [2.45, 2.75) is 31.9 Å². The van der Waals surface area contributed by atoms with Gasteiger partial charge in [-0.3, -0.25) is 9.88 Å². The highest BCUT2D eigenvalue weighted by molar-refractivity contribution is 5.58. The van der Waals surface area contributed by atoms with Crippen molar-refractivity contribution in [3.05, 3.63) is 77.7 Å². The Hall–Kier alpha value is -2.76. The number of nitrogens with zero attached hydrogens (tertiary/aromatic N) is 3. The first kappa shape index (κ1) is 19.6. The van der Waals surface area contributed by atoms with Gasteiger partial charge in [-0.25, -0.2) is 4.98 Å². The van der Waals surface area contributed by atoms with Crippen LogP contribution in [0.2, 0.25) is 0 Å². The highest BCUT2D eigenvalue weighted by Gasteiger charge is 2.23. The lowest BCUT2D eigenvalue weighted by atomic mass is 9.94. The van der Waals surface area contributed by atoms with Gasteiger partial charge in [0.15, 0.2) is 0 Å². The quantitative estimate of drug-likeness (QED) is 0.690. The van der Waals surface area contributed by atoms with E-state index in [1.807, 2.05) is 48.8 Å². The van der Waals surface area contributed by atoms with Crippen LogP contribution < -0.4 is 4.74 Å². The summed E-state index contributed by atoms with van der Waals surface area (Å²) in [5.41, 5.74) is 5.18. The van der Waals surface area contributed by atoms with E-state index in [2.05, 4.69) is 22.0 Å². The van der Waals surface area contributed by atoms with Gasteiger partial charge >= 0.3 is 0 Å². The number of hydrogen-bond acceptors (Lipinski definition) is 5. The van der Waals surface area contributed by atoms with E-state index in [1.165, 1.54) is 5.56 Å². The SMILES string of the molecule is COc1ccc(CN2CCC[C@@H](c3cncc(-c4ccc(CO)cc4)n3)C2)cc1. The second-order valence-corrected chi connectivity index (χ2v) is 7.61. The van der Waals surface area contributed by atoms with E-state index >= 15 is 0 Å². The number of piperidine rings is 1. The van der Waals surface area contributed by atoms with Crippen LogP contribution in [0.4, 0.5) is 0 Å². The number of rotatable bonds is 6. The maximum atomic E-state index is 9.23. The van der Waals surface area contributed by atoms with Crippen LogP contribution >= 0.6 is 0 Å². The van der Waals surface area contributed by atoms with E-state index < -0.39 is 0 Å². The van der Waals surface area contributed by atoms with Crippen molar-refractivity contribution in [1.82, 2.24) is 14.9 Å². The van der Waals surface area contributed by atoms with Gasteiger partial charge < -0.3 is 9.84 Å². The van der Waals surface area contributed by atoms with Gasteiger partial charge in [-0.15, -0.1) is 0 Å². The number of methoxy groups -OCH3 is 1. The summed E-state index contributed by atoms with van der Waals surface area (Å²) >= 11 is 0. The van der Waals surface area contributed by atoms with Crippen molar-refractivity contribution in [2.24, 2.45) is 0 Å². The van der Waals surface area contributed by atoms with Crippen molar-refractivity contribution >= 4 is 0 Å². The maximum absolute atomic E-state index is 9.23. The predicted molar refractivity (Wildman–Crippen MR) is 114 cm³/mol. The second-order valence-electron chi connectivity index (χ2n) is 7.61. The minimum absolute atomic E-state index is 0.0537. The van der Waals surface area contributed by atoms with Crippen molar-refractivity contribution < 1.29 is 9.84 Å². The van der Waals surface area contributed by atoms with Crippen LogP contribution in [0.15, 0.2) is 60.9 Å². The average molecular weight is 389 g/mol. The number of ether oxygens (including phenoxy) is 1. The molecule has 2 heterocycles. The van der Waals surface area contributed by atoms with Crippen LogP contribution in [0, 0.1) is 0 Å². The van der Waals surface area contributed by atoms with E-state index in [9.17, 15) is 5.11 Å². The molecule has 2 aromatic carbocycles. The third-order valence-electron chi connectivity index (χ3n) is 5.57. The van der Waals surface area contributed by atoms with Crippen molar-refractivity contribution in [3.63, 3.8) is 0 Å². The van der Waals surface area contributed by atoms with Crippen LogP contribution in [0.1, 0.15) is 35.6 Å². The highest BCUT2D eigenvalue weighted by atomic mass is 16.5. The average Bonchev–Trinajstić information content (AvgIpc) is 2.80. The summed E-state index contributed by atoms with van der Waals surface area (Å²) in [5, 5.41) is 9.23. The minimum atomic E-state index is 0.0537. The lowest BCUT2D eigenvalue weighted by molar-refractivity contribution is 0.198. The molecule has 1 aromatic heterocycles. The summed E-state index contributed by atoms with van der Waals surface area (Å²) in [6.07, 6.45) is 6.03. The lowest BCUT2D eigenvalue weighted by Crippen LogP contribution is -2.34. The summed E-state index contributed by atoms with van der Waals surface area (Å²) in [6.45, 7) is 3.10. The maximum Gasteiger partial charge on any atom is 0.118 e. The number of likely N-dealkylation sites (tertiary alicyclic amines) is 1. The normalized spacial score (nSPS) is 17.2. The molecule has 0 unspecified atom stereocenters. The van der Waals surface area contributed by atoms with Gasteiger partial charge in [0.2, 0.25) is 0 Å². The summed E-state index contributed by atoms with van der Waals surface area (Å²) in [5.74, 6) is 1.29. The summed E-state index contributed by atoms with van der Waals surface area (Å²) in [7, 11) is 1.69. The molecule has 3 aromatic rings. The smallest absolute Gasteiger partial charge is 0.118 e. The molecule has 0 aliphatic carbocycles. The molecule has 1 N–H and O–H groups in total. The fourth-order valence-corrected chi connectivity index (χ4v) is 3.93. The Labute approximate surface area is 172 Å². The Balaban J connectivity index is 1.46. The lowest BCUT2D eigenvalue weighted by Gasteiger charge is -2.32. The first-order valence-corrected chi connectivity index (χ1v) is 10.1. The Kier molecular flexibility index (Phi) is 6.17. The molecule has 0 amide bonds. The van der Waals surface area contributed by atoms with Gasteiger partial charge in [-0.1, -0.05) is 36.4 Å². The number of aliphatic hydroxyl groups is 1. The fourth-order valence-electron chi connectivity index (χ4n) is 3.93. The van der Waals surface area contributed by atoms with Gasteiger partial charge in [-0.2, -0.15) is 0 Å². The van der Waals surface area contributed by atoms with Crippen molar-refractivity contribution in [2.75, 3.05) is 20.2 Å². The molecule has 5 nitrogen and oxygen atoms in total. The largest absolute Gasteiger partial charge is 0.497 e. The molecule has 29 heavy (non-hydrogen) atoms. The van der Waals surface area contributed by atoms with E-state index in [0.717, 1.165) is 60.7 Å². The van der Waals surface area contributed by atoms with Crippen molar-refractivity contribution in [3.8, 4) is 17.0 Å². The number of aromatic nitrogens is 2. The van der Waals surface area contributed by atoms with Crippen molar-refractivity contribution in [1.29, 1.82) is 0 Å². The summed E-state index contributed by atoms with van der Waals surface area (Å²) in [4.78, 5) is 11.9. The summed E-state index contributed by atoms with van der Waals surface area (Å²) in [6, 6.07) is 16.2. The van der Waals surface area contributed by atoms with Crippen LogP contribution in [0.3, 0.4) is 0 Å². The molecule has 0 radical (unpaired) electrons. The van der Waals surface area contributed by atoms with Gasteiger partial charge in [0.1, 0.15) is 5.75 Å². The number of aliphatic hydroxyl groups excluding tert-OH is 1. The van der Waals surface area contributed by atoms with Crippen LogP contribution in [0.25, 0.3) is 11.3 Å². The second kappa shape index (κ2) is 9.16. The molecule has 1 saturated heterocycles. The molecule has 1 fully saturated rings. The molecule has 5 heteroatoms.